The first-order valence-corrected chi connectivity index (χ1v) is 6.65. The van der Waals surface area contributed by atoms with Crippen molar-refractivity contribution >= 4 is 33.4 Å². The van der Waals surface area contributed by atoms with Gasteiger partial charge in [-0.1, -0.05) is 25.4 Å². The van der Waals surface area contributed by atoms with E-state index in [1.807, 2.05) is 0 Å². The molecule has 0 aliphatic rings. The van der Waals surface area contributed by atoms with E-state index in [0.717, 1.165) is 17.4 Å². The van der Waals surface area contributed by atoms with Gasteiger partial charge in [-0.15, -0.1) is 0 Å². The standard InChI is InChI=1S/C12H16BrClN2O/c1-8(2)4-5-16(3)12(17)10-6-9(13)7-15-11(10)14/h6-8H,4-5H2,1-3H3. The average molecular weight is 320 g/mol. The molecule has 0 aromatic carbocycles. The van der Waals surface area contributed by atoms with Gasteiger partial charge in [0.1, 0.15) is 5.15 Å². The number of halogens is 2. The smallest absolute Gasteiger partial charge is 0.256 e. The molecule has 0 N–H and O–H groups in total. The largest absolute Gasteiger partial charge is 0.342 e. The van der Waals surface area contributed by atoms with Gasteiger partial charge in [0, 0.05) is 24.3 Å². The van der Waals surface area contributed by atoms with Crippen molar-refractivity contribution in [2.75, 3.05) is 13.6 Å². The van der Waals surface area contributed by atoms with Crippen LogP contribution in [0.3, 0.4) is 0 Å². The first kappa shape index (κ1) is 14.5. The van der Waals surface area contributed by atoms with E-state index in [4.69, 9.17) is 11.6 Å². The van der Waals surface area contributed by atoms with Crippen LogP contribution in [0.1, 0.15) is 30.6 Å². The molecule has 3 nitrogen and oxygen atoms in total. The summed E-state index contributed by atoms with van der Waals surface area (Å²) in [7, 11) is 1.78. The Kier molecular flexibility index (Phi) is 5.40. The molecule has 5 heteroatoms. The van der Waals surface area contributed by atoms with E-state index in [1.165, 1.54) is 0 Å². The van der Waals surface area contributed by atoms with Gasteiger partial charge < -0.3 is 4.90 Å². The van der Waals surface area contributed by atoms with Crippen molar-refractivity contribution in [2.45, 2.75) is 20.3 Å². The van der Waals surface area contributed by atoms with Crippen LogP contribution in [0, 0.1) is 5.92 Å². The summed E-state index contributed by atoms with van der Waals surface area (Å²) < 4.78 is 0.752. The number of pyridine rings is 1. The number of nitrogens with zero attached hydrogens (tertiary/aromatic N) is 2. The first-order chi connectivity index (χ1) is 7.91. The third kappa shape index (κ3) is 4.28. The number of carbonyl (C=O) groups excluding carboxylic acids is 1. The Bertz CT molecular complexity index is 409. The van der Waals surface area contributed by atoms with Crippen LogP contribution in [-0.4, -0.2) is 29.4 Å². The predicted molar refractivity (Wildman–Crippen MR) is 73.4 cm³/mol. The predicted octanol–water partition coefficient (Wildman–Crippen LogP) is 3.62. The summed E-state index contributed by atoms with van der Waals surface area (Å²) in [5.41, 5.74) is 0.437. The quantitative estimate of drug-likeness (QED) is 0.794. The molecule has 1 heterocycles. The van der Waals surface area contributed by atoms with Gasteiger partial charge in [-0.25, -0.2) is 4.98 Å². The minimum Gasteiger partial charge on any atom is -0.342 e. The molecule has 0 saturated heterocycles. The van der Waals surface area contributed by atoms with Crippen LogP contribution in [-0.2, 0) is 0 Å². The van der Waals surface area contributed by atoms with Crippen molar-refractivity contribution in [2.24, 2.45) is 5.92 Å². The molecule has 1 amide bonds. The summed E-state index contributed by atoms with van der Waals surface area (Å²) in [6.45, 7) is 4.98. The van der Waals surface area contributed by atoms with Crippen molar-refractivity contribution in [3.8, 4) is 0 Å². The highest BCUT2D eigenvalue weighted by Crippen LogP contribution is 2.19. The van der Waals surface area contributed by atoms with Crippen LogP contribution in [0.25, 0.3) is 0 Å². The number of hydrogen-bond donors (Lipinski definition) is 0. The third-order valence-electron chi connectivity index (χ3n) is 2.42. The minimum atomic E-state index is -0.0931. The molecule has 94 valence electrons. The lowest BCUT2D eigenvalue weighted by Crippen LogP contribution is -2.28. The van der Waals surface area contributed by atoms with Crippen LogP contribution >= 0.6 is 27.5 Å². The Morgan fingerprint density at radius 2 is 2.24 bits per heavy atom. The Morgan fingerprint density at radius 1 is 1.59 bits per heavy atom. The molecule has 1 aromatic rings. The number of aromatic nitrogens is 1. The molecule has 0 radical (unpaired) electrons. The van der Waals surface area contributed by atoms with E-state index in [1.54, 1.807) is 24.2 Å². The molecule has 0 bridgehead atoms. The molecular weight excluding hydrogens is 304 g/mol. The lowest BCUT2D eigenvalue weighted by molar-refractivity contribution is 0.0789. The zero-order valence-corrected chi connectivity index (χ0v) is 12.5. The molecule has 0 aliphatic carbocycles. The number of rotatable bonds is 4. The van der Waals surface area contributed by atoms with E-state index in [-0.39, 0.29) is 11.1 Å². The highest BCUT2D eigenvalue weighted by atomic mass is 79.9. The second-order valence-corrected chi connectivity index (χ2v) is 5.67. The topological polar surface area (TPSA) is 33.2 Å². The molecule has 1 rings (SSSR count). The molecular formula is C12H16BrClN2O. The SMILES string of the molecule is CC(C)CCN(C)C(=O)c1cc(Br)cnc1Cl. The van der Waals surface area contributed by atoms with Crippen molar-refractivity contribution < 1.29 is 4.79 Å². The zero-order valence-electron chi connectivity index (χ0n) is 10.2. The summed E-state index contributed by atoms with van der Waals surface area (Å²) in [6.07, 6.45) is 2.55. The first-order valence-electron chi connectivity index (χ1n) is 5.48. The molecule has 0 unspecified atom stereocenters. The highest BCUT2D eigenvalue weighted by molar-refractivity contribution is 9.10. The fourth-order valence-corrected chi connectivity index (χ4v) is 1.85. The molecule has 0 atom stereocenters. The van der Waals surface area contributed by atoms with Crippen molar-refractivity contribution in [1.82, 2.24) is 9.88 Å². The van der Waals surface area contributed by atoms with Gasteiger partial charge in [0.05, 0.1) is 5.56 Å². The summed E-state index contributed by atoms with van der Waals surface area (Å²) >= 11 is 9.20. The van der Waals surface area contributed by atoms with Gasteiger partial charge in [0.15, 0.2) is 0 Å². The van der Waals surface area contributed by atoms with E-state index < -0.39 is 0 Å². The average Bonchev–Trinajstić information content (AvgIpc) is 2.28. The Balaban J connectivity index is 2.78. The van der Waals surface area contributed by atoms with Gasteiger partial charge in [0.2, 0.25) is 0 Å². The summed E-state index contributed by atoms with van der Waals surface area (Å²) in [5.74, 6) is 0.478. The Labute approximate surface area is 115 Å². The molecule has 17 heavy (non-hydrogen) atoms. The van der Waals surface area contributed by atoms with Crippen LogP contribution in [0.2, 0.25) is 5.15 Å². The molecule has 1 aromatic heterocycles. The maximum atomic E-state index is 12.1. The monoisotopic (exact) mass is 318 g/mol. The van der Waals surface area contributed by atoms with Crippen LogP contribution in [0.4, 0.5) is 0 Å². The number of carbonyl (C=O) groups is 1. The van der Waals surface area contributed by atoms with E-state index in [2.05, 4.69) is 34.8 Å². The summed E-state index contributed by atoms with van der Waals surface area (Å²) in [5, 5.41) is 0.245. The number of hydrogen-bond acceptors (Lipinski definition) is 2. The maximum absolute atomic E-state index is 12.1. The lowest BCUT2D eigenvalue weighted by Gasteiger charge is -2.18. The molecule has 0 spiro atoms. The highest BCUT2D eigenvalue weighted by Gasteiger charge is 2.16. The normalized spacial score (nSPS) is 10.7. The molecule has 0 aliphatic heterocycles. The van der Waals surface area contributed by atoms with Crippen LogP contribution in [0.15, 0.2) is 16.7 Å². The fraction of sp³-hybridized carbons (Fsp3) is 0.500. The van der Waals surface area contributed by atoms with Gasteiger partial charge in [0.25, 0.3) is 5.91 Å². The van der Waals surface area contributed by atoms with Gasteiger partial charge in [-0.05, 0) is 34.3 Å². The van der Waals surface area contributed by atoms with E-state index >= 15 is 0 Å². The second-order valence-electron chi connectivity index (χ2n) is 4.40. The Morgan fingerprint density at radius 3 is 2.82 bits per heavy atom. The van der Waals surface area contributed by atoms with Crippen molar-refractivity contribution in [3.63, 3.8) is 0 Å². The van der Waals surface area contributed by atoms with Crippen molar-refractivity contribution in [1.29, 1.82) is 0 Å². The second kappa shape index (κ2) is 6.36. The molecule has 0 fully saturated rings. The fourth-order valence-electron chi connectivity index (χ4n) is 1.33. The van der Waals surface area contributed by atoms with Crippen LogP contribution < -0.4 is 0 Å². The Hall–Kier alpha value is -0.610. The van der Waals surface area contributed by atoms with E-state index in [9.17, 15) is 4.79 Å². The summed E-state index contributed by atoms with van der Waals surface area (Å²) in [4.78, 5) is 17.7. The van der Waals surface area contributed by atoms with Crippen molar-refractivity contribution in [3.05, 3.63) is 27.5 Å². The minimum absolute atomic E-state index is 0.0931. The van der Waals surface area contributed by atoms with Gasteiger partial charge >= 0.3 is 0 Å². The third-order valence-corrected chi connectivity index (χ3v) is 3.16. The molecule has 0 saturated carbocycles. The lowest BCUT2D eigenvalue weighted by atomic mass is 10.1. The van der Waals surface area contributed by atoms with Crippen LogP contribution in [0.5, 0.6) is 0 Å². The van der Waals surface area contributed by atoms with E-state index in [0.29, 0.717) is 11.5 Å². The van der Waals surface area contributed by atoms with Gasteiger partial charge in [-0.2, -0.15) is 0 Å². The van der Waals surface area contributed by atoms with Gasteiger partial charge in [-0.3, -0.25) is 4.79 Å². The maximum Gasteiger partial charge on any atom is 0.256 e. The summed E-state index contributed by atoms with van der Waals surface area (Å²) in [6, 6.07) is 1.70. The number of amides is 1. The zero-order chi connectivity index (χ0) is 13.0.